The first-order chi connectivity index (χ1) is 7.16. The molecule has 0 radical (unpaired) electrons. The molecule has 0 fully saturated rings. The van der Waals surface area contributed by atoms with Crippen LogP contribution >= 0.6 is 0 Å². The molecule has 0 heterocycles. The molecule has 1 nitrogen and oxygen atoms in total. The Hall–Kier alpha value is -1.76. The van der Waals surface area contributed by atoms with E-state index in [1.165, 1.54) is 22.3 Å². The third kappa shape index (κ3) is 2.01. The maximum Gasteiger partial charge on any atom is 0.0314 e. The molecule has 0 saturated carbocycles. The van der Waals surface area contributed by atoms with Crippen molar-refractivity contribution in [3.8, 4) is 11.1 Å². The maximum absolute atomic E-state index is 5.66. The van der Waals surface area contributed by atoms with Crippen LogP contribution in [0.2, 0.25) is 0 Å². The summed E-state index contributed by atoms with van der Waals surface area (Å²) < 4.78 is 0. The first kappa shape index (κ1) is 9.78. The zero-order valence-corrected chi connectivity index (χ0v) is 9.12. The fourth-order valence-electron chi connectivity index (χ4n) is 1.60. The van der Waals surface area contributed by atoms with E-state index in [1.54, 1.807) is 0 Å². The summed E-state index contributed by atoms with van der Waals surface area (Å²) in [5.41, 5.74) is 11.6. The van der Waals surface area contributed by atoms with E-state index < -0.39 is 0 Å². The monoisotopic (exact) mass is 197 g/mol. The van der Waals surface area contributed by atoms with Crippen LogP contribution in [-0.4, -0.2) is 0 Å². The van der Waals surface area contributed by atoms with Crippen molar-refractivity contribution in [3.05, 3.63) is 53.6 Å². The minimum atomic E-state index is 0.808. The second-order valence-corrected chi connectivity index (χ2v) is 3.92. The molecule has 0 spiro atoms. The zero-order valence-electron chi connectivity index (χ0n) is 9.12. The van der Waals surface area contributed by atoms with E-state index in [0.717, 1.165) is 5.69 Å². The van der Waals surface area contributed by atoms with Crippen LogP contribution in [0.15, 0.2) is 42.5 Å². The summed E-state index contributed by atoms with van der Waals surface area (Å²) in [6.07, 6.45) is 0. The van der Waals surface area contributed by atoms with Crippen molar-refractivity contribution in [1.29, 1.82) is 0 Å². The van der Waals surface area contributed by atoms with E-state index in [1.807, 2.05) is 12.1 Å². The predicted octanol–water partition coefficient (Wildman–Crippen LogP) is 3.55. The van der Waals surface area contributed by atoms with Crippen LogP contribution < -0.4 is 5.73 Å². The molecule has 0 saturated heterocycles. The Balaban J connectivity index is 2.45. The second-order valence-electron chi connectivity index (χ2n) is 3.92. The van der Waals surface area contributed by atoms with Gasteiger partial charge in [-0.15, -0.1) is 0 Å². The van der Waals surface area contributed by atoms with Gasteiger partial charge < -0.3 is 5.73 Å². The average Bonchev–Trinajstić information content (AvgIpc) is 2.23. The number of nitrogens with two attached hydrogens (primary N) is 1. The van der Waals surface area contributed by atoms with Crippen molar-refractivity contribution < 1.29 is 0 Å². The quantitative estimate of drug-likeness (QED) is 0.695. The van der Waals surface area contributed by atoms with Gasteiger partial charge in [0, 0.05) is 5.69 Å². The van der Waals surface area contributed by atoms with Crippen LogP contribution in [0, 0.1) is 13.8 Å². The highest BCUT2D eigenvalue weighted by molar-refractivity contribution is 5.66. The van der Waals surface area contributed by atoms with Gasteiger partial charge in [-0.1, -0.05) is 30.3 Å². The Morgan fingerprint density at radius 1 is 0.733 bits per heavy atom. The van der Waals surface area contributed by atoms with Crippen LogP contribution in [0.3, 0.4) is 0 Å². The summed E-state index contributed by atoms with van der Waals surface area (Å²) in [5, 5.41) is 0. The van der Waals surface area contributed by atoms with Crippen LogP contribution in [0.1, 0.15) is 11.1 Å². The summed E-state index contributed by atoms with van der Waals surface area (Å²) in [6.45, 7) is 4.26. The molecule has 1 heteroatoms. The molecular weight excluding hydrogens is 182 g/mol. The molecule has 0 aliphatic rings. The van der Waals surface area contributed by atoms with E-state index in [2.05, 4.69) is 44.2 Å². The molecule has 2 N–H and O–H groups in total. The lowest BCUT2D eigenvalue weighted by Gasteiger charge is -2.05. The predicted molar refractivity (Wildman–Crippen MR) is 65.8 cm³/mol. The van der Waals surface area contributed by atoms with Crippen molar-refractivity contribution in [1.82, 2.24) is 0 Å². The molecule has 0 amide bonds. The molecule has 0 aliphatic heterocycles. The summed E-state index contributed by atoms with van der Waals surface area (Å²) in [6, 6.07) is 14.5. The SMILES string of the molecule is Cc1ccc(-c2ccc(N)cc2)cc1C. The lowest BCUT2D eigenvalue weighted by Crippen LogP contribution is -1.85. The van der Waals surface area contributed by atoms with Gasteiger partial charge in [0.2, 0.25) is 0 Å². The van der Waals surface area contributed by atoms with E-state index in [0.29, 0.717) is 0 Å². The molecule has 0 unspecified atom stereocenters. The molecule has 0 bridgehead atoms. The highest BCUT2D eigenvalue weighted by Crippen LogP contribution is 2.22. The molecule has 2 aromatic rings. The van der Waals surface area contributed by atoms with Crippen LogP contribution in [0.4, 0.5) is 5.69 Å². The van der Waals surface area contributed by atoms with Gasteiger partial charge in [-0.2, -0.15) is 0 Å². The van der Waals surface area contributed by atoms with Crippen molar-refractivity contribution in [2.45, 2.75) is 13.8 Å². The van der Waals surface area contributed by atoms with E-state index in [4.69, 9.17) is 5.73 Å². The van der Waals surface area contributed by atoms with Crippen LogP contribution in [0.25, 0.3) is 11.1 Å². The fourth-order valence-corrected chi connectivity index (χ4v) is 1.60. The lowest BCUT2D eigenvalue weighted by molar-refractivity contribution is 1.34. The summed E-state index contributed by atoms with van der Waals surface area (Å²) >= 11 is 0. The number of hydrogen-bond donors (Lipinski definition) is 1. The number of hydrogen-bond acceptors (Lipinski definition) is 1. The van der Waals surface area contributed by atoms with Gasteiger partial charge in [0.25, 0.3) is 0 Å². The standard InChI is InChI=1S/C14H15N/c1-10-3-4-13(9-11(10)2)12-5-7-14(15)8-6-12/h3-9H,15H2,1-2H3. The normalized spacial score (nSPS) is 10.3. The van der Waals surface area contributed by atoms with Gasteiger partial charge in [0.05, 0.1) is 0 Å². The Kier molecular flexibility index (Phi) is 2.46. The smallest absolute Gasteiger partial charge is 0.0314 e. The number of anilines is 1. The average molecular weight is 197 g/mol. The van der Waals surface area contributed by atoms with Gasteiger partial charge in [0.1, 0.15) is 0 Å². The maximum atomic E-state index is 5.66. The molecule has 76 valence electrons. The second kappa shape index (κ2) is 3.77. The largest absolute Gasteiger partial charge is 0.399 e. The minimum absolute atomic E-state index is 0.808. The van der Waals surface area contributed by atoms with Gasteiger partial charge in [-0.25, -0.2) is 0 Å². The van der Waals surface area contributed by atoms with Crippen molar-refractivity contribution in [2.24, 2.45) is 0 Å². The highest BCUT2D eigenvalue weighted by Gasteiger charge is 1.99. The first-order valence-corrected chi connectivity index (χ1v) is 5.10. The van der Waals surface area contributed by atoms with Crippen LogP contribution in [-0.2, 0) is 0 Å². The zero-order chi connectivity index (χ0) is 10.8. The van der Waals surface area contributed by atoms with Crippen molar-refractivity contribution in [3.63, 3.8) is 0 Å². The van der Waals surface area contributed by atoms with E-state index in [-0.39, 0.29) is 0 Å². The highest BCUT2D eigenvalue weighted by atomic mass is 14.5. The third-order valence-corrected chi connectivity index (χ3v) is 2.75. The summed E-state index contributed by atoms with van der Waals surface area (Å²) in [7, 11) is 0. The van der Waals surface area contributed by atoms with Gasteiger partial charge in [-0.05, 0) is 48.2 Å². The lowest BCUT2D eigenvalue weighted by atomic mass is 10.0. The fraction of sp³-hybridized carbons (Fsp3) is 0.143. The number of aryl methyl sites for hydroxylation is 2. The Labute approximate surface area is 90.6 Å². The van der Waals surface area contributed by atoms with Gasteiger partial charge >= 0.3 is 0 Å². The molecule has 15 heavy (non-hydrogen) atoms. The molecule has 0 aliphatic carbocycles. The Morgan fingerprint density at radius 3 is 1.93 bits per heavy atom. The topological polar surface area (TPSA) is 26.0 Å². The summed E-state index contributed by atoms with van der Waals surface area (Å²) in [4.78, 5) is 0. The van der Waals surface area contributed by atoms with Gasteiger partial charge in [-0.3, -0.25) is 0 Å². The minimum Gasteiger partial charge on any atom is -0.399 e. The van der Waals surface area contributed by atoms with Crippen molar-refractivity contribution >= 4 is 5.69 Å². The van der Waals surface area contributed by atoms with E-state index >= 15 is 0 Å². The first-order valence-electron chi connectivity index (χ1n) is 5.10. The summed E-state index contributed by atoms with van der Waals surface area (Å²) in [5.74, 6) is 0. The molecular formula is C14H15N. The Morgan fingerprint density at radius 2 is 1.33 bits per heavy atom. The number of benzene rings is 2. The van der Waals surface area contributed by atoms with Crippen LogP contribution in [0.5, 0.6) is 0 Å². The van der Waals surface area contributed by atoms with Gasteiger partial charge in [0.15, 0.2) is 0 Å². The Bertz CT molecular complexity index is 469. The third-order valence-electron chi connectivity index (χ3n) is 2.75. The number of rotatable bonds is 1. The molecule has 0 aromatic heterocycles. The van der Waals surface area contributed by atoms with Crippen molar-refractivity contribution in [2.75, 3.05) is 5.73 Å². The molecule has 0 atom stereocenters. The molecule has 2 rings (SSSR count). The van der Waals surface area contributed by atoms with E-state index in [9.17, 15) is 0 Å². The number of nitrogen functional groups attached to an aromatic ring is 1. The molecule has 2 aromatic carbocycles.